The first kappa shape index (κ1) is 21.2. The van der Waals surface area contributed by atoms with Gasteiger partial charge in [0.1, 0.15) is 5.75 Å². The van der Waals surface area contributed by atoms with Crippen LogP contribution in [0.4, 0.5) is 0 Å². The van der Waals surface area contributed by atoms with Crippen LogP contribution in [0, 0.1) is 0 Å². The van der Waals surface area contributed by atoms with Crippen LogP contribution < -0.4 is 9.97 Å². The van der Waals surface area contributed by atoms with Gasteiger partial charge in [-0.15, -0.1) is 0 Å². The van der Waals surface area contributed by atoms with Crippen molar-refractivity contribution >= 4 is 19.0 Å². The summed E-state index contributed by atoms with van der Waals surface area (Å²) in [6, 6.07) is 14.4. The number of hydrogen-bond acceptors (Lipinski definition) is 6. The minimum Gasteiger partial charge on any atom is -0.534 e. The molecule has 1 amide bonds. The maximum absolute atomic E-state index is 12.9. The van der Waals surface area contributed by atoms with Crippen LogP contribution >= 0.6 is 0 Å². The molecular formula is C24H22BN3O5. The minimum atomic E-state index is -1.34. The molecule has 2 aromatic carbocycles. The number of carbonyl (C=O) groups is 2. The normalized spacial score (nSPS) is 17.1. The van der Waals surface area contributed by atoms with E-state index in [1.807, 2.05) is 30.5 Å². The van der Waals surface area contributed by atoms with Crippen molar-refractivity contribution in [3.8, 4) is 5.75 Å². The summed E-state index contributed by atoms with van der Waals surface area (Å²) in [5.74, 6) is -1.98. The van der Waals surface area contributed by atoms with Gasteiger partial charge >= 0.3 is 13.1 Å². The summed E-state index contributed by atoms with van der Waals surface area (Å²) < 4.78 is 5.47. The lowest BCUT2D eigenvalue weighted by Crippen LogP contribution is -2.53. The van der Waals surface area contributed by atoms with Crippen molar-refractivity contribution in [1.29, 1.82) is 0 Å². The van der Waals surface area contributed by atoms with Crippen molar-refractivity contribution in [3.63, 3.8) is 0 Å². The highest BCUT2D eigenvalue weighted by molar-refractivity contribution is 6.47. The Labute approximate surface area is 191 Å². The van der Waals surface area contributed by atoms with E-state index in [-0.39, 0.29) is 23.6 Å². The molecule has 3 heterocycles. The number of carboxylic acids is 1. The maximum atomic E-state index is 12.9. The second-order valence-corrected chi connectivity index (χ2v) is 8.38. The standard InChI is InChI=1S/C24H22BN3O5/c29-23(27-21-10-16-4-1-5-20(24(30)31)22(16)33-25(21)32)17-6-7-18-13-28(14-19(18)9-17)12-15-3-2-8-26-11-15/h1-9,11,21,32H,10,12-14H2,(H,27,29)(H,30,31)/t21-/m0/s1. The van der Waals surface area contributed by atoms with E-state index in [4.69, 9.17) is 4.65 Å². The third kappa shape index (κ3) is 4.33. The first-order valence-electron chi connectivity index (χ1n) is 10.7. The molecule has 8 nitrogen and oxygen atoms in total. The lowest BCUT2D eigenvalue weighted by atomic mass is 9.72. The number of benzene rings is 2. The summed E-state index contributed by atoms with van der Waals surface area (Å²) in [5.41, 5.74) is 4.56. The number of amides is 1. The molecule has 0 radical (unpaired) electrons. The fraction of sp³-hybridized carbons (Fsp3) is 0.208. The highest BCUT2D eigenvalue weighted by Gasteiger charge is 2.38. The predicted molar refractivity (Wildman–Crippen MR) is 121 cm³/mol. The molecule has 166 valence electrons. The summed E-state index contributed by atoms with van der Waals surface area (Å²) >= 11 is 0. The van der Waals surface area contributed by atoms with Crippen LogP contribution in [0.2, 0.25) is 0 Å². The van der Waals surface area contributed by atoms with Crippen molar-refractivity contribution in [1.82, 2.24) is 15.2 Å². The Morgan fingerprint density at radius 2 is 1.97 bits per heavy atom. The average molecular weight is 443 g/mol. The van der Waals surface area contributed by atoms with E-state index in [9.17, 15) is 19.7 Å². The zero-order valence-corrected chi connectivity index (χ0v) is 17.8. The highest BCUT2D eigenvalue weighted by Crippen LogP contribution is 2.30. The first-order valence-corrected chi connectivity index (χ1v) is 10.7. The molecule has 1 aromatic heterocycles. The molecule has 9 heteroatoms. The lowest BCUT2D eigenvalue weighted by Gasteiger charge is -2.28. The molecule has 2 aliphatic rings. The quantitative estimate of drug-likeness (QED) is 0.518. The van der Waals surface area contributed by atoms with E-state index >= 15 is 0 Å². The molecule has 0 unspecified atom stereocenters. The minimum absolute atomic E-state index is 0.00853. The van der Waals surface area contributed by atoms with Crippen LogP contribution in [0.15, 0.2) is 60.9 Å². The van der Waals surface area contributed by atoms with Gasteiger partial charge in [0, 0.05) is 37.6 Å². The number of hydrogen-bond donors (Lipinski definition) is 3. The van der Waals surface area contributed by atoms with Crippen molar-refractivity contribution in [2.24, 2.45) is 0 Å². The molecule has 0 saturated heterocycles. The SMILES string of the molecule is O=C(N[C@H]1Cc2cccc(C(=O)O)c2OB1O)c1ccc2c(c1)CN(Cc1cccnc1)C2. The monoisotopic (exact) mass is 443 g/mol. The molecule has 0 aliphatic carbocycles. The number of pyridine rings is 1. The van der Waals surface area contributed by atoms with Crippen molar-refractivity contribution in [2.75, 3.05) is 0 Å². The Morgan fingerprint density at radius 3 is 2.76 bits per heavy atom. The summed E-state index contributed by atoms with van der Waals surface area (Å²) in [5, 5.41) is 22.6. The van der Waals surface area contributed by atoms with Gasteiger partial charge in [-0.1, -0.05) is 24.3 Å². The van der Waals surface area contributed by atoms with E-state index < -0.39 is 19.0 Å². The molecule has 0 saturated carbocycles. The Kier molecular flexibility index (Phi) is 5.57. The van der Waals surface area contributed by atoms with E-state index in [1.54, 1.807) is 24.4 Å². The number of rotatable bonds is 5. The Morgan fingerprint density at radius 1 is 1.12 bits per heavy atom. The van der Waals surface area contributed by atoms with Gasteiger partial charge in [-0.25, -0.2) is 4.79 Å². The molecule has 33 heavy (non-hydrogen) atoms. The zero-order valence-electron chi connectivity index (χ0n) is 17.8. The van der Waals surface area contributed by atoms with Crippen LogP contribution in [0.1, 0.15) is 43.0 Å². The predicted octanol–water partition coefficient (Wildman–Crippen LogP) is 2.05. The van der Waals surface area contributed by atoms with E-state index in [1.165, 1.54) is 11.6 Å². The van der Waals surface area contributed by atoms with Crippen LogP contribution in [-0.4, -0.2) is 45.0 Å². The molecule has 3 aromatic rings. The number of aromatic carboxylic acids is 1. The van der Waals surface area contributed by atoms with Gasteiger partial charge in [0.25, 0.3) is 5.91 Å². The van der Waals surface area contributed by atoms with Crippen molar-refractivity contribution in [3.05, 3.63) is 94.3 Å². The van der Waals surface area contributed by atoms with Gasteiger partial charge in [-0.3, -0.25) is 14.7 Å². The number of aromatic nitrogens is 1. The summed E-state index contributed by atoms with van der Waals surface area (Å²) in [6.45, 7) is 2.34. The lowest BCUT2D eigenvalue weighted by molar-refractivity contribution is 0.0693. The van der Waals surface area contributed by atoms with Gasteiger partial charge in [-0.2, -0.15) is 0 Å². The molecule has 5 rings (SSSR count). The third-order valence-corrected chi connectivity index (χ3v) is 6.05. The number of carboxylic acid groups (broad SMARTS) is 1. The number of carbonyl (C=O) groups excluding carboxylic acids is 1. The Hall–Kier alpha value is -3.69. The van der Waals surface area contributed by atoms with Crippen LogP contribution in [0.3, 0.4) is 0 Å². The largest absolute Gasteiger partial charge is 0.547 e. The summed E-state index contributed by atoms with van der Waals surface area (Å²) in [7, 11) is -1.34. The van der Waals surface area contributed by atoms with E-state index in [0.29, 0.717) is 11.1 Å². The van der Waals surface area contributed by atoms with Gasteiger partial charge in [0.15, 0.2) is 0 Å². The fourth-order valence-corrected chi connectivity index (χ4v) is 4.44. The van der Waals surface area contributed by atoms with Crippen molar-refractivity contribution in [2.45, 2.75) is 32.0 Å². The second-order valence-electron chi connectivity index (χ2n) is 8.38. The summed E-state index contributed by atoms with van der Waals surface area (Å²) in [6.07, 6.45) is 3.88. The molecule has 0 fully saturated rings. The van der Waals surface area contributed by atoms with Crippen LogP contribution in [0.5, 0.6) is 5.75 Å². The molecule has 1 atom stereocenters. The van der Waals surface area contributed by atoms with Crippen LogP contribution in [-0.2, 0) is 26.1 Å². The molecule has 3 N–H and O–H groups in total. The molecule has 0 spiro atoms. The number of nitrogens with zero attached hydrogens (tertiary/aromatic N) is 2. The number of nitrogens with one attached hydrogen (secondary N) is 1. The van der Waals surface area contributed by atoms with Gasteiger partial charge in [0.2, 0.25) is 0 Å². The first-order chi connectivity index (χ1) is 16.0. The highest BCUT2D eigenvalue weighted by atomic mass is 16.5. The number of para-hydroxylation sites is 1. The van der Waals surface area contributed by atoms with Crippen LogP contribution in [0.25, 0.3) is 0 Å². The van der Waals surface area contributed by atoms with Gasteiger partial charge < -0.3 is 20.1 Å². The van der Waals surface area contributed by atoms with Gasteiger partial charge in [0.05, 0.1) is 11.5 Å². The number of fused-ring (bicyclic) bond motifs is 2. The topological polar surface area (TPSA) is 112 Å². The van der Waals surface area contributed by atoms with E-state index in [2.05, 4.69) is 15.2 Å². The second kappa shape index (κ2) is 8.69. The Balaban J connectivity index is 1.27. The Bertz CT molecular complexity index is 1220. The maximum Gasteiger partial charge on any atom is 0.547 e. The van der Waals surface area contributed by atoms with Gasteiger partial charge in [-0.05, 0) is 52.9 Å². The molecule has 0 bridgehead atoms. The smallest absolute Gasteiger partial charge is 0.534 e. The van der Waals surface area contributed by atoms with Crippen molar-refractivity contribution < 1.29 is 24.4 Å². The third-order valence-electron chi connectivity index (χ3n) is 6.05. The fourth-order valence-electron chi connectivity index (χ4n) is 4.44. The van der Waals surface area contributed by atoms with E-state index in [0.717, 1.165) is 30.8 Å². The average Bonchev–Trinajstić information content (AvgIpc) is 3.21. The molecular weight excluding hydrogens is 421 g/mol. The molecule has 2 aliphatic heterocycles. The summed E-state index contributed by atoms with van der Waals surface area (Å²) in [4.78, 5) is 30.8. The zero-order chi connectivity index (χ0) is 22.9.